The van der Waals surface area contributed by atoms with Gasteiger partial charge < -0.3 is 19.5 Å². The van der Waals surface area contributed by atoms with Crippen LogP contribution in [0.5, 0.6) is 17.2 Å². The number of hydrogen-bond donors (Lipinski definition) is 1. The Bertz CT molecular complexity index is 1020. The third-order valence-electron chi connectivity index (χ3n) is 4.43. The van der Waals surface area contributed by atoms with E-state index in [1.54, 1.807) is 31.4 Å². The van der Waals surface area contributed by atoms with Crippen molar-refractivity contribution in [1.29, 1.82) is 0 Å². The molecule has 0 saturated heterocycles. The molecule has 3 aromatic rings. The lowest BCUT2D eigenvalue weighted by Gasteiger charge is -2.16. The first-order valence-electron chi connectivity index (χ1n) is 9.61. The number of rotatable bonds is 8. The molecule has 5 nitrogen and oxygen atoms in total. The van der Waals surface area contributed by atoms with Crippen LogP contribution in [0.1, 0.15) is 28.4 Å². The monoisotopic (exact) mass is 469 g/mol. The first kappa shape index (κ1) is 21.7. The van der Waals surface area contributed by atoms with Crippen molar-refractivity contribution in [3.63, 3.8) is 0 Å². The summed E-state index contributed by atoms with van der Waals surface area (Å²) in [4.78, 5) is 12.8. The highest BCUT2D eigenvalue weighted by molar-refractivity contribution is 9.10. The number of halogens is 1. The molecule has 6 heteroatoms. The number of methoxy groups -OCH3 is 1. The molecule has 0 unspecified atom stereocenters. The standard InChI is InChI=1S/C24H24BrNO4/c1-4-29-22-14-18(24(27)26-20-7-5-6-8-21(20)28-3)13-19(25)23(22)30-15-17-11-9-16(2)10-12-17/h5-14H,4,15H2,1-3H3,(H,26,27). The SMILES string of the molecule is CCOc1cc(C(=O)Nc2ccccc2OC)cc(Br)c1OCc1ccc(C)cc1. The van der Waals surface area contributed by atoms with Crippen molar-refractivity contribution >= 4 is 27.5 Å². The molecule has 156 valence electrons. The summed E-state index contributed by atoms with van der Waals surface area (Å²) in [5, 5.41) is 2.88. The molecule has 30 heavy (non-hydrogen) atoms. The van der Waals surface area contributed by atoms with Gasteiger partial charge in [0.1, 0.15) is 12.4 Å². The molecule has 0 aliphatic rings. The van der Waals surface area contributed by atoms with E-state index in [1.807, 2.05) is 50.2 Å². The first-order chi connectivity index (χ1) is 14.5. The van der Waals surface area contributed by atoms with E-state index in [9.17, 15) is 4.79 Å². The largest absolute Gasteiger partial charge is 0.495 e. The van der Waals surface area contributed by atoms with E-state index in [4.69, 9.17) is 14.2 Å². The van der Waals surface area contributed by atoms with Crippen LogP contribution in [0.2, 0.25) is 0 Å². The number of para-hydroxylation sites is 2. The van der Waals surface area contributed by atoms with Gasteiger partial charge in [0.15, 0.2) is 11.5 Å². The third kappa shape index (κ3) is 5.33. The highest BCUT2D eigenvalue weighted by Gasteiger charge is 2.17. The molecule has 0 aliphatic heterocycles. The number of carbonyl (C=O) groups excluding carboxylic acids is 1. The molecule has 0 bridgehead atoms. The summed E-state index contributed by atoms with van der Waals surface area (Å²) in [5.41, 5.74) is 3.28. The molecule has 0 aliphatic carbocycles. The Morgan fingerprint density at radius 1 is 1.00 bits per heavy atom. The molecular weight excluding hydrogens is 446 g/mol. The van der Waals surface area contributed by atoms with Crippen LogP contribution < -0.4 is 19.5 Å². The number of benzene rings is 3. The maximum Gasteiger partial charge on any atom is 0.255 e. The van der Waals surface area contributed by atoms with Gasteiger partial charge in [-0.2, -0.15) is 0 Å². The van der Waals surface area contributed by atoms with Crippen molar-refractivity contribution in [3.8, 4) is 17.2 Å². The van der Waals surface area contributed by atoms with Crippen molar-refractivity contribution in [2.75, 3.05) is 19.0 Å². The topological polar surface area (TPSA) is 56.8 Å². The Labute approximate surface area is 185 Å². The maximum absolute atomic E-state index is 12.8. The summed E-state index contributed by atoms with van der Waals surface area (Å²) < 4.78 is 17.7. The highest BCUT2D eigenvalue weighted by Crippen LogP contribution is 2.38. The molecule has 1 amide bonds. The van der Waals surface area contributed by atoms with Gasteiger partial charge in [-0.25, -0.2) is 0 Å². The molecule has 0 aromatic heterocycles. The second-order valence-electron chi connectivity index (χ2n) is 6.65. The van der Waals surface area contributed by atoms with Crippen molar-refractivity contribution < 1.29 is 19.0 Å². The van der Waals surface area contributed by atoms with Crippen LogP contribution in [-0.2, 0) is 6.61 Å². The Balaban J connectivity index is 1.82. The highest BCUT2D eigenvalue weighted by atomic mass is 79.9. The summed E-state index contributed by atoms with van der Waals surface area (Å²) in [6.45, 7) is 4.78. The van der Waals surface area contributed by atoms with Crippen molar-refractivity contribution in [2.45, 2.75) is 20.5 Å². The second kappa shape index (κ2) is 10.2. The number of hydrogen-bond acceptors (Lipinski definition) is 4. The zero-order chi connectivity index (χ0) is 21.5. The van der Waals surface area contributed by atoms with Crippen LogP contribution in [0.3, 0.4) is 0 Å². The van der Waals surface area contributed by atoms with Gasteiger partial charge in [-0.05, 0) is 59.6 Å². The smallest absolute Gasteiger partial charge is 0.255 e. The summed E-state index contributed by atoms with van der Waals surface area (Å²) in [6, 6.07) is 18.8. The number of ether oxygens (including phenoxy) is 3. The Morgan fingerprint density at radius 2 is 1.73 bits per heavy atom. The Hall–Kier alpha value is -2.99. The number of carbonyl (C=O) groups is 1. The maximum atomic E-state index is 12.8. The third-order valence-corrected chi connectivity index (χ3v) is 5.02. The van der Waals surface area contributed by atoms with Crippen molar-refractivity contribution in [3.05, 3.63) is 81.8 Å². The molecule has 0 heterocycles. The first-order valence-corrected chi connectivity index (χ1v) is 10.4. The van der Waals surface area contributed by atoms with E-state index in [0.717, 1.165) is 5.56 Å². The molecule has 1 N–H and O–H groups in total. The fourth-order valence-corrected chi connectivity index (χ4v) is 3.44. The summed E-state index contributed by atoms with van der Waals surface area (Å²) in [6.07, 6.45) is 0. The average Bonchev–Trinajstić information content (AvgIpc) is 2.74. The van der Waals surface area contributed by atoms with E-state index >= 15 is 0 Å². The summed E-state index contributed by atoms with van der Waals surface area (Å²) in [5.74, 6) is 1.38. The van der Waals surface area contributed by atoms with Gasteiger partial charge in [-0.15, -0.1) is 0 Å². The van der Waals surface area contributed by atoms with Crippen LogP contribution in [0.25, 0.3) is 0 Å². The van der Waals surface area contributed by atoms with E-state index in [0.29, 0.717) is 46.2 Å². The van der Waals surface area contributed by atoms with Gasteiger partial charge in [0.2, 0.25) is 0 Å². The van der Waals surface area contributed by atoms with E-state index in [2.05, 4.69) is 21.2 Å². The normalized spacial score (nSPS) is 10.4. The average molecular weight is 470 g/mol. The Morgan fingerprint density at radius 3 is 2.43 bits per heavy atom. The number of aryl methyl sites for hydroxylation is 1. The minimum Gasteiger partial charge on any atom is -0.495 e. The van der Waals surface area contributed by atoms with Gasteiger partial charge in [-0.1, -0.05) is 42.0 Å². The fourth-order valence-electron chi connectivity index (χ4n) is 2.88. The van der Waals surface area contributed by atoms with Gasteiger partial charge in [0, 0.05) is 5.56 Å². The molecule has 0 fully saturated rings. The quantitative estimate of drug-likeness (QED) is 0.439. The van der Waals surface area contributed by atoms with Crippen LogP contribution >= 0.6 is 15.9 Å². The van der Waals surface area contributed by atoms with Crippen molar-refractivity contribution in [1.82, 2.24) is 0 Å². The fraction of sp³-hybridized carbons (Fsp3) is 0.208. The zero-order valence-electron chi connectivity index (χ0n) is 17.2. The van der Waals surface area contributed by atoms with Gasteiger partial charge in [0.25, 0.3) is 5.91 Å². The predicted octanol–water partition coefficient (Wildman–Crippen LogP) is 6.00. The van der Waals surface area contributed by atoms with Gasteiger partial charge in [0.05, 0.1) is 23.9 Å². The molecule has 0 atom stereocenters. The molecule has 3 rings (SSSR count). The van der Waals surface area contributed by atoms with Crippen LogP contribution in [0.4, 0.5) is 5.69 Å². The van der Waals surface area contributed by atoms with E-state index < -0.39 is 0 Å². The van der Waals surface area contributed by atoms with Gasteiger partial charge >= 0.3 is 0 Å². The van der Waals surface area contributed by atoms with E-state index in [-0.39, 0.29) is 5.91 Å². The van der Waals surface area contributed by atoms with Crippen LogP contribution in [0.15, 0.2) is 65.1 Å². The van der Waals surface area contributed by atoms with E-state index in [1.165, 1.54) is 5.56 Å². The lowest BCUT2D eigenvalue weighted by atomic mass is 10.1. The molecule has 0 radical (unpaired) electrons. The minimum atomic E-state index is -0.272. The second-order valence-corrected chi connectivity index (χ2v) is 7.50. The molecule has 0 spiro atoms. The number of nitrogens with one attached hydrogen (secondary N) is 1. The molecule has 0 saturated carbocycles. The Kier molecular flexibility index (Phi) is 7.36. The lowest BCUT2D eigenvalue weighted by molar-refractivity contribution is 0.102. The zero-order valence-corrected chi connectivity index (χ0v) is 18.8. The molecular formula is C24H24BrNO4. The minimum absolute atomic E-state index is 0.272. The van der Waals surface area contributed by atoms with Crippen LogP contribution in [-0.4, -0.2) is 19.6 Å². The molecule has 3 aromatic carbocycles. The predicted molar refractivity (Wildman–Crippen MR) is 122 cm³/mol. The number of amides is 1. The summed E-state index contributed by atoms with van der Waals surface area (Å²) >= 11 is 3.53. The lowest BCUT2D eigenvalue weighted by Crippen LogP contribution is -2.13. The number of anilines is 1. The van der Waals surface area contributed by atoms with Crippen molar-refractivity contribution in [2.24, 2.45) is 0 Å². The summed E-state index contributed by atoms with van der Waals surface area (Å²) in [7, 11) is 1.56. The van der Waals surface area contributed by atoms with Gasteiger partial charge in [-0.3, -0.25) is 4.79 Å². The van der Waals surface area contributed by atoms with Crippen LogP contribution in [0, 0.1) is 6.92 Å².